The highest BCUT2D eigenvalue weighted by molar-refractivity contribution is 6.30. The first kappa shape index (κ1) is 16.8. The second kappa shape index (κ2) is 9.61. The smallest absolute Gasteiger partial charge is 0.223 e. The Kier molecular flexibility index (Phi) is 8.07. The molecule has 1 aromatic rings. The molecule has 1 amide bonds. The zero-order chi connectivity index (χ0) is 14.8. The largest absolute Gasteiger partial charge is 0.493 e. The minimum Gasteiger partial charge on any atom is -0.493 e. The van der Waals surface area contributed by atoms with Gasteiger partial charge in [-0.25, -0.2) is 0 Å². The fourth-order valence-electron chi connectivity index (χ4n) is 1.77. The van der Waals surface area contributed by atoms with E-state index in [-0.39, 0.29) is 5.91 Å². The number of rotatable bonds is 9. The molecule has 0 saturated carbocycles. The molecule has 0 spiro atoms. The Balaban J connectivity index is 2.52. The summed E-state index contributed by atoms with van der Waals surface area (Å²) in [4.78, 5) is 11.4. The van der Waals surface area contributed by atoms with Crippen molar-refractivity contribution in [2.24, 2.45) is 0 Å². The van der Waals surface area contributed by atoms with E-state index in [0.717, 1.165) is 24.3 Å². The van der Waals surface area contributed by atoms with Crippen LogP contribution >= 0.6 is 11.6 Å². The van der Waals surface area contributed by atoms with Gasteiger partial charge in [0.25, 0.3) is 0 Å². The lowest BCUT2D eigenvalue weighted by molar-refractivity contribution is -0.121. The summed E-state index contributed by atoms with van der Waals surface area (Å²) in [6, 6.07) is 5.54. The summed E-state index contributed by atoms with van der Waals surface area (Å²) in [6.45, 7) is 6.69. The van der Waals surface area contributed by atoms with E-state index in [2.05, 4.69) is 17.6 Å². The molecule has 1 rings (SSSR count). The van der Waals surface area contributed by atoms with Crippen molar-refractivity contribution >= 4 is 17.5 Å². The summed E-state index contributed by atoms with van der Waals surface area (Å²) in [5, 5.41) is 6.75. The van der Waals surface area contributed by atoms with Crippen LogP contribution in [-0.2, 0) is 11.3 Å². The van der Waals surface area contributed by atoms with Crippen LogP contribution in [0.3, 0.4) is 0 Å². The molecule has 0 saturated heterocycles. The molecule has 0 aliphatic heterocycles. The lowest BCUT2D eigenvalue weighted by atomic mass is 10.2. The van der Waals surface area contributed by atoms with Crippen LogP contribution in [0.15, 0.2) is 18.2 Å². The summed E-state index contributed by atoms with van der Waals surface area (Å²) in [6.07, 6.45) is 1.44. The van der Waals surface area contributed by atoms with E-state index in [9.17, 15) is 4.79 Å². The molecule has 5 heteroatoms. The summed E-state index contributed by atoms with van der Waals surface area (Å²) in [5.41, 5.74) is 1.02. The minimum absolute atomic E-state index is 0.00659. The van der Waals surface area contributed by atoms with Gasteiger partial charge in [-0.05, 0) is 38.1 Å². The molecule has 0 aliphatic carbocycles. The third-order valence-corrected chi connectivity index (χ3v) is 2.96. The van der Waals surface area contributed by atoms with Crippen molar-refractivity contribution in [2.75, 3.05) is 19.7 Å². The first-order valence-corrected chi connectivity index (χ1v) is 7.43. The summed E-state index contributed by atoms with van der Waals surface area (Å²) < 4.78 is 5.68. The second-order valence-electron chi connectivity index (χ2n) is 4.48. The zero-order valence-corrected chi connectivity index (χ0v) is 12.9. The summed E-state index contributed by atoms with van der Waals surface area (Å²) in [5.74, 6) is 0.787. The SMILES string of the molecule is CCCNCc1cc(Cl)ccc1OCCC(=O)NCC. The summed E-state index contributed by atoms with van der Waals surface area (Å²) in [7, 11) is 0. The van der Waals surface area contributed by atoms with Gasteiger partial charge in [-0.1, -0.05) is 18.5 Å². The van der Waals surface area contributed by atoms with Crippen molar-refractivity contribution < 1.29 is 9.53 Å². The fourth-order valence-corrected chi connectivity index (χ4v) is 1.96. The van der Waals surface area contributed by atoms with Gasteiger partial charge in [-0.3, -0.25) is 4.79 Å². The normalized spacial score (nSPS) is 10.3. The molecule has 0 unspecified atom stereocenters. The maximum absolute atomic E-state index is 11.4. The molecule has 0 radical (unpaired) electrons. The lowest BCUT2D eigenvalue weighted by Crippen LogP contribution is -2.24. The summed E-state index contributed by atoms with van der Waals surface area (Å²) >= 11 is 6.01. The van der Waals surface area contributed by atoms with Gasteiger partial charge in [-0.15, -0.1) is 0 Å². The molecule has 4 nitrogen and oxygen atoms in total. The standard InChI is InChI=1S/C15H23ClN2O2/c1-3-8-17-11-12-10-13(16)5-6-14(12)20-9-7-15(19)18-4-2/h5-6,10,17H,3-4,7-9,11H2,1-2H3,(H,18,19). The van der Waals surface area contributed by atoms with E-state index < -0.39 is 0 Å². The topological polar surface area (TPSA) is 50.4 Å². The van der Waals surface area contributed by atoms with Crippen LogP contribution in [0.5, 0.6) is 5.75 Å². The minimum atomic E-state index is 0.00659. The van der Waals surface area contributed by atoms with Gasteiger partial charge in [0.1, 0.15) is 5.75 Å². The number of nitrogens with one attached hydrogen (secondary N) is 2. The zero-order valence-electron chi connectivity index (χ0n) is 12.2. The first-order valence-electron chi connectivity index (χ1n) is 7.06. The van der Waals surface area contributed by atoms with Gasteiger partial charge < -0.3 is 15.4 Å². The van der Waals surface area contributed by atoms with Crippen LogP contribution in [0.2, 0.25) is 5.02 Å². The van der Waals surface area contributed by atoms with Crippen molar-refractivity contribution in [1.29, 1.82) is 0 Å². The predicted octanol–water partition coefficient (Wildman–Crippen LogP) is 2.74. The van der Waals surface area contributed by atoms with Crippen LogP contribution in [-0.4, -0.2) is 25.6 Å². The van der Waals surface area contributed by atoms with Gasteiger partial charge in [0.2, 0.25) is 5.91 Å². The predicted molar refractivity (Wildman–Crippen MR) is 82.2 cm³/mol. The average molecular weight is 299 g/mol. The van der Waals surface area contributed by atoms with Crippen LogP contribution in [0.1, 0.15) is 32.3 Å². The van der Waals surface area contributed by atoms with Gasteiger partial charge in [0.05, 0.1) is 13.0 Å². The Morgan fingerprint density at radius 1 is 1.35 bits per heavy atom. The number of halogens is 1. The van der Waals surface area contributed by atoms with Crippen molar-refractivity contribution in [3.63, 3.8) is 0 Å². The van der Waals surface area contributed by atoms with Gasteiger partial charge in [0.15, 0.2) is 0 Å². The van der Waals surface area contributed by atoms with E-state index >= 15 is 0 Å². The van der Waals surface area contributed by atoms with Gasteiger partial charge in [-0.2, -0.15) is 0 Å². The van der Waals surface area contributed by atoms with Crippen molar-refractivity contribution in [3.8, 4) is 5.75 Å². The maximum atomic E-state index is 11.4. The second-order valence-corrected chi connectivity index (χ2v) is 4.92. The van der Waals surface area contributed by atoms with E-state index in [1.165, 1.54) is 0 Å². The third kappa shape index (κ3) is 6.26. The molecule has 112 valence electrons. The lowest BCUT2D eigenvalue weighted by Gasteiger charge is -2.12. The molecule has 1 aromatic carbocycles. The van der Waals surface area contributed by atoms with Crippen LogP contribution in [0.25, 0.3) is 0 Å². The quantitative estimate of drug-likeness (QED) is 0.689. The molecule has 0 fully saturated rings. The number of benzene rings is 1. The number of hydrogen-bond acceptors (Lipinski definition) is 3. The van der Waals surface area contributed by atoms with Crippen LogP contribution in [0.4, 0.5) is 0 Å². The van der Waals surface area contributed by atoms with Crippen molar-refractivity contribution in [1.82, 2.24) is 10.6 Å². The molecule has 2 N–H and O–H groups in total. The highest BCUT2D eigenvalue weighted by atomic mass is 35.5. The van der Waals surface area contributed by atoms with Crippen molar-refractivity contribution in [2.45, 2.75) is 33.2 Å². The molecule has 0 bridgehead atoms. The molecule has 0 heterocycles. The van der Waals surface area contributed by atoms with Crippen LogP contribution < -0.4 is 15.4 Å². The van der Waals surface area contributed by atoms with Gasteiger partial charge in [0, 0.05) is 23.7 Å². The monoisotopic (exact) mass is 298 g/mol. The van der Waals surface area contributed by atoms with E-state index in [4.69, 9.17) is 16.3 Å². The molecule has 20 heavy (non-hydrogen) atoms. The van der Waals surface area contributed by atoms with Crippen LogP contribution in [0, 0.1) is 0 Å². The van der Waals surface area contributed by atoms with Gasteiger partial charge >= 0.3 is 0 Å². The Bertz CT molecular complexity index is 424. The fraction of sp³-hybridized carbons (Fsp3) is 0.533. The van der Waals surface area contributed by atoms with E-state index in [1.807, 2.05) is 19.1 Å². The number of amides is 1. The molecular weight excluding hydrogens is 276 g/mol. The first-order chi connectivity index (χ1) is 9.67. The number of hydrogen-bond donors (Lipinski definition) is 2. The molecular formula is C15H23ClN2O2. The Morgan fingerprint density at radius 3 is 2.85 bits per heavy atom. The van der Waals surface area contributed by atoms with Crippen molar-refractivity contribution in [3.05, 3.63) is 28.8 Å². The Hall–Kier alpha value is -1.26. The number of carbonyl (C=O) groups excluding carboxylic acids is 1. The Labute approximate surface area is 125 Å². The average Bonchev–Trinajstić information content (AvgIpc) is 2.42. The van der Waals surface area contributed by atoms with E-state index in [0.29, 0.717) is 31.1 Å². The highest BCUT2D eigenvalue weighted by Gasteiger charge is 2.06. The van der Waals surface area contributed by atoms with E-state index in [1.54, 1.807) is 6.07 Å². The number of ether oxygens (including phenoxy) is 1. The molecule has 0 atom stereocenters. The molecule has 0 aromatic heterocycles. The third-order valence-electron chi connectivity index (χ3n) is 2.73. The maximum Gasteiger partial charge on any atom is 0.223 e. The number of carbonyl (C=O) groups is 1. The molecule has 0 aliphatic rings. The highest BCUT2D eigenvalue weighted by Crippen LogP contribution is 2.23. The Morgan fingerprint density at radius 2 is 2.15 bits per heavy atom.